The highest BCUT2D eigenvalue weighted by molar-refractivity contribution is 5.48. The van der Waals surface area contributed by atoms with E-state index < -0.39 is 0 Å². The molecule has 1 aromatic rings. The molecule has 1 heterocycles. The smallest absolute Gasteiger partial charge is 0.158 e. The number of rotatable bonds is 8. The van der Waals surface area contributed by atoms with Crippen LogP contribution in [0.2, 0.25) is 0 Å². The number of hydrogen-bond donors (Lipinski definition) is 2. The van der Waals surface area contributed by atoms with Gasteiger partial charge in [0, 0.05) is 26.3 Å². The third-order valence-electron chi connectivity index (χ3n) is 3.02. The number of nitrogens with zero attached hydrogens (tertiary/aromatic N) is 3. The van der Waals surface area contributed by atoms with E-state index in [0.29, 0.717) is 30.8 Å². The summed E-state index contributed by atoms with van der Waals surface area (Å²) in [5, 5.41) is 0. The monoisotopic (exact) mass is 267 g/mol. The Morgan fingerprint density at radius 2 is 2.16 bits per heavy atom. The summed E-state index contributed by atoms with van der Waals surface area (Å²) < 4.78 is 5.34. The lowest BCUT2D eigenvalue weighted by atomic mass is 10.1. The van der Waals surface area contributed by atoms with Gasteiger partial charge in [0.2, 0.25) is 0 Å². The number of nitrogens with two attached hydrogens (primary N) is 1. The summed E-state index contributed by atoms with van der Waals surface area (Å²) in [5.74, 6) is 8.17. The number of nitrogens with one attached hydrogen (secondary N) is 1. The summed E-state index contributed by atoms with van der Waals surface area (Å²) >= 11 is 0. The topological polar surface area (TPSA) is 76.3 Å². The van der Waals surface area contributed by atoms with Crippen LogP contribution in [0.25, 0.3) is 0 Å². The van der Waals surface area contributed by atoms with E-state index in [2.05, 4.69) is 34.1 Å². The lowest BCUT2D eigenvalue weighted by molar-refractivity contribution is 0.128. The highest BCUT2D eigenvalue weighted by Gasteiger charge is 2.10. The molecule has 0 spiro atoms. The van der Waals surface area contributed by atoms with Gasteiger partial charge in [0.25, 0.3) is 0 Å². The van der Waals surface area contributed by atoms with Crippen molar-refractivity contribution in [3.05, 3.63) is 11.9 Å². The van der Waals surface area contributed by atoms with Crippen LogP contribution in [0.4, 0.5) is 11.6 Å². The van der Waals surface area contributed by atoms with E-state index in [9.17, 15) is 0 Å². The average Bonchev–Trinajstić information content (AvgIpc) is 2.44. The summed E-state index contributed by atoms with van der Waals surface area (Å²) in [7, 11) is 2.03. The molecule has 0 aliphatic heterocycles. The SMILES string of the molecule is CCOCc1nc(NN)cc(N(C)CC(C)CC)n1. The predicted octanol–water partition coefficient (Wildman–Crippen LogP) is 1.78. The number of anilines is 2. The summed E-state index contributed by atoms with van der Waals surface area (Å²) in [6, 6.07) is 1.85. The summed E-state index contributed by atoms with van der Waals surface area (Å²) in [4.78, 5) is 10.9. The van der Waals surface area contributed by atoms with Crippen molar-refractivity contribution in [1.29, 1.82) is 0 Å². The zero-order valence-corrected chi connectivity index (χ0v) is 12.3. The molecule has 1 rings (SSSR count). The van der Waals surface area contributed by atoms with Crippen LogP contribution in [0.1, 0.15) is 33.0 Å². The van der Waals surface area contributed by atoms with Gasteiger partial charge in [-0.05, 0) is 12.8 Å². The lowest BCUT2D eigenvalue weighted by Gasteiger charge is -2.22. The molecule has 1 aromatic heterocycles. The van der Waals surface area contributed by atoms with Crippen LogP contribution < -0.4 is 16.2 Å². The van der Waals surface area contributed by atoms with E-state index in [4.69, 9.17) is 10.6 Å². The summed E-state index contributed by atoms with van der Waals surface area (Å²) in [6.07, 6.45) is 1.14. The van der Waals surface area contributed by atoms with Crippen LogP contribution in [0.3, 0.4) is 0 Å². The van der Waals surface area contributed by atoms with Gasteiger partial charge in [0.05, 0.1) is 0 Å². The number of ether oxygens (including phenoxy) is 1. The first-order chi connectivity index (χ1) is 9.10. The first-order valence-electron chi connectivity index (χ1n) is 6.74. The molecule has 0 saturated carbocycles. The Bertz CT molecular complexity index is 385. The van der Waals surface area contributed by atoms with Gasteiger partial charge in [-0.15, -0.1) is 0 Å². The first kappa shape index (κ1) is 15.7. The fraction of sp³-hybridized carbons (Fsp3) is 0.692. The highest BCUT2D eigenvalue weighted by Crippen LogP contribution is 2.16. The zero-order valence-electron chi connectivity index (χ0n) is 12.3. The van der Waals surface area contributed by atoms with Crippen molar-refractivity contribution in [2.24, 2.45) is 11.8 Å². The maximum Gasteiger partial charge on any atom is 0.158 e. The van der Waals surface area contributed by atoms with Crippen molar-refractivity contribution in [3.8, 4) is 0 Å². The summed E-state index contributed by atoms with van der Waals surface area (Å²) in [5.41, 5.74) is 2.57. The van der Waals surface area contributed by atoms with Crippen molar-refractivity contribution < 1.29 is 4.74 Å². The molecule has 19 heavy (non-hydrogen) atoms. The molecule has 3 N–H and O–H groups in total. The maximum absolute atomic E-state index is 5.44. The molecule has 0 aliphatic rings. The van der Waals surface area contributed by atoms with Crippen molar-refractivity contribution >= 4 is 11.6 Å². The van der Waals surface area contributed by atoms with Gasteiger partial charge < -0.3 is 15.1 Å². The van der Waals surface area contributed by atoms with Crippen LogP contribution in [-0.2, 0) is 11.3 Å². The molecule has 0 saturated heterocycles. The van der Waals surface area contributed by atoms with Crippen LogP contribution >= 0.6 is 0 Å². The standard InChI is InChI=1S/C13H25N5O/c1-5-10(3)8-18(4)13-7-11(17-14)15-12(16-13)9-19-6-2/h7,10H,5-6,8-9,14H2,1-4H3,(H,15,16,17). The third kappa shape index (κ3) is 5.00. The van der Waals surface area contributed by atoms with Gasteiger partial charge in [0.1, 0.15) is 18.2 Å². The minimum absolute atomic E-state index is 0.399. The second kappa shape index (κ2) is 7.91. The van der Waals surface area contributed by atoms with Crippen molar-refractivity contribution in [1.82, 2.24) is 9.97 Å². The number of hydrogen-bond acceptors (Lipinski definition) is 6. The molecule has 0 bridgehead atoms. The van der Waals surface area contributed by atoms with Gasteiger partial charge in [-0.3, -0.25) is 0 Å². The van der Waals surface area contributed by atoms with Crippen LogP contribution in [-0.4, -0.2) is 30.2 Å². The van der Waals surface area contributed by atoms with E-state index in [0.717, 1.165) is 18.8 Å². The van der Waals surface area contributed by atoms with Crippen LogP contribution in [0.15, 0.2) is 6.07 Å². The van der Waals surface area contributed by atoms with Crippen LogP contribution in [0.5, 0.6) is 0 Å². The molecule has 0 amide bonds. The van der Waals surface area contributed by atoms with Gasteiger partial charge in [-0.2, -0.15) is 0 Å². The average molecular weight is 267 g/mol. The second-order valence-electron chi connectivity index (χ2n) is 4.70. The molecule has 1 unspecified atom stereocenters. The second-order valence-corrected chi connectivity index (χ2v) is 4.70. The van der Waals surface area contributed by atoms with Crippen LogP contribution in [0, 0.1) is 5.92 Å². The zero-order chi connectivity index (χ0) is 14.3. The molecular formula is C13H25N5O. The largest absolute Gasteiger partial charge is 0.374 e. The highest BCUT2D eigenvalue weighted by atomic mass is 16.5. The Kier molecular flexibility index (Phi) is 6.52. The Morgan fingerprint density at radius 3 is 2.74 bits per heavy atom. The molecule has 6 nitrogen and oxygen atoms in total. The van der Waals surface area contributed by atoms with E-state index in [1.54, 1.807) is 0 Å². The van der Waals surface area contributed by atoms with E-state index >= 15 is 0 Å². The minimum Gasteiger partial charge on any atom is -0.374 e. The van der Waals surface area contributed by atoms with Crippen molar-refractivity contribution in [2.45, 2.75) is 33.8 Å². The minimum atomic E-state index is 0.399. The van der Waals surface area contributed by atoms with Gasteiger partial charge >= 0.3 is 0 Å². The van der Waals surface area contributed by atoms with Gasteiger partial charge in [0.15, 0.2) is 5.82 Å². The van der Waals surface area contributed by atoms with Gasteiger partial charge in [-0.25, -0.2) is 15.8 Å². The normalized spacial score (nSPS) is 12.3. The Hall–Kier alpha value is -1.40. The molecular weight excluding hydrogens is 242 g/mol. The van der Waals surface area contributed by atoms with Crippen molar-refractivity contribution in [3.63, 3.8) is 0 Å². The molecule has 108 valence electrons. The maximum atomic E-state index is 5.44. The third-order valence-corrected chi connectivity index (χ3v) is 3.02. The Morgan fingerprint density at radius 1 is 1.42 bits per heavy atom. The van der Waals surface area contributed by atoms with E-state index in [1.165, 1.54) is 0 Å². The van der Waals surface area contributed by atoms with Gasteiger partial charge in [-0.1, -0.05) is 20.3 Å². The number of aromatic nitrogens is 2. The quantitative estimate of drug-likeness (QED) is 0.552. The lowest BCUT2D eigenvalue weighted by Crippen LogP contribution is -2.25. The fourth-order valence-corrected chi connectivity index (χ4v) is 1.70. The molecule has 0 radical (unpaired) electrons. The molecule has 6 heteroatoms. The number of hydrazine groups is 1. The Balaban J connectivity index is 2.85. The molecule has 0 aromatic carbocycles. The predicted molar refractivity (Wildman–Crippen MR) is 77.9 cm³/mol. The summed E-state index contributed by atoms with van der Waals surface area (Å²) in [6.45, 7) is 8.34. The Labute approximate surface area is 115 Å². The molecule has 0 aliphatic carbocycles. The van der Waals surface area contributed by atoms with E-state index in [-0.39, 0.29) is 0 Å². The first-order valence-corrected chi connectivity index (χ1v) is 6.74. The molecule has 1 atom stereocenters. The fourth-order valence-electron chi connectivity index (χ4n) is 1.70. The molecule has 0 fully saturated rings. The number of nitrogen functional groups attached to an aromatic ring is 1. The van der Waals surface area contributed by atoms with E-state index in [1.807, 2.05) is 20.0 Å². The van der Waals surface area contributed by atoms with Crippen molar-refractivity contribution in [2.75, 3.05) is 30.5 Å².